The minimum absolute atomic E-state index is 0.0289. The van der Waals surface area contributed by atoms with E-state index in [0.29, 0.717) is 11.3 Å². The van der Waals surface area contributed by atoms with Gasteiger partial charge in [0.25, 0.3) is 0 Å². The van der Waals surface area contributed by atoms with Crippen molar-refractivity contribution in [3.05, 3.63) is 41.2 Å². The van der Waals surface area contributed by atoms with Crippen molar-refractivity contribution in [1.82, 2.24) is 29.1 Å². The molecule has 8 nitrogen and oxygen atoms in total. The maximum Gasteiger partial charge on any atom is 0.332 e. The summed E-state index contributed by atoms with van der Waals surface area (Å²) < 4.78 is 4.60. The number of thiazole rings is 1. The molecule has 4 aromatic heterocycles. The summed E-state index contributed by atoms with van der Waals surface area (Å²) >= 11 is 1.61. The third kappa shape index (κ3) is 2.61. The molecule has 0 unspecified atom stereocenters. The first kappa shape index (κ1) is 16.4. The number of fused-ring (bicyclic) bond motifs is 2. The Morgan fingerprint density at radius 1 is 1.15 bits per heavy atom. The molecule has 0 saturated heterocycles. The first-order valence-electron chi connectivity index (χ1n) is 9.03. The number of aromatic nitrogens is 6. The summed E-state index contributed by atoms with van der Waals surface area (Å²) in [6.07, 6.45) is 6.75. The number of nitrogens with zero attached hydrogens (tertiary/aromatic N) is 6. The minimum atomic E-state index is -0.0289. The maximum absolute atomic E-state index is 13.0. The summed E-state index contributed by atoms with van der Waals surface area (Å²) in [6, 6.07) is 4.40. The predicted octanol–water partition coefficient (Wildman–Crippen LogP) is 2.99. The van der Waals surface area contributed by atoms with Crippen LogP contribution in [-0.4, -0.2) is 35.1 Å². The first-order chi connectivity index (χ1) is 13.1. The average molecular weight is 381 g/mol. The lowest BCUT2D eigenvalue weighted by Gasteiger charge is -2.36. The Morgan fingerprint density at radius 3 is 2.67 bits per heavy atom. The smallest absolute Gasteiger partial charge is 0.332 e. The molecule has 0 atom stereocenters. The Bertz CT molecular complexity index is 1150. The van der Waals surface area contributed by atoms with Gasteiger partial charge in [0.2, 0.25) is 0 Å². The number of nitrogens with one attached hydrogen (secondary N) is 1. The standard InChI is InChI=1S/C18H19N7OS/c1-10(2)24-15-16(21-7-6-20-15)25(18(24)26)12-8-11(9-12)22-17-23-14-13(27-17)4-3-5-19-14/h3-7,10-12H,8-9H2,1-2H3,(H,19,22,23)/t11-,12-. The van der Waals surface area contributed by atoms with Crippen molar-refractivity contribution < 1.29 is 0 Å². The van der Waals surface area contributed by atoms with Crippen molar-refractivity contribution in [2.24, 2.45) is 0 Å². The molecule has 27 heavy (non-hydrogen) atoms. The predicted molar refractivity (Wildman–Crippen MR) is 105 cm³/mol. The van der Waals surface area contributed by atoms with Crippen LogP contribution in [0.5, 0.6) is 0 Å². The van der Waals surface area contributed by atoms with Gasteiger partial charge in [-0.3, -0.25) is 9.13 Å². The first-order valence-corrected chi connectivity index (χ1v) is 9.85. The van der Waals surface area contributed by atoms with Gasteiger partial charge < -0.3 is 5.32 Å². The zero-order valence-corrected chi connectivity index (χ0v) is 15.8. The fourth-order valence-corrected chi connectivity index (χ4v) is 4.58. The molecule has 0 radical (unpaired) electrons. The van der Waals surface area contributed by atoms with Crippen LogP contribution in [0.25, 0.3) is 21.6 Å². The van der Waals surface area contributed by atoms with Crippen LogP contribution in [0, 0.1) is 0 Å². The summed E-state index contributed by atoms with van der Waals surface area (Å²) in [5.74, 6) is 0. The van der Waals surface area contributed by atoms with E-state index >= 15 is 0 Å². The van der Waals surface area contributed by atoms with Gasteiger partial charge in [-0.15, -0.1) is 0 Å². The SMILES string of the molecule is CC(C)n1c(=O)n([C@H]2C[C@H](Nc3nc4ncccc4s3)C2)c2nccnc21. The lowest BCUT2D eigenvalue weighted by molar-refractivity contribution is 0.279. The van der Waals surface area contributed by atoms with Gasteiger partial charge in [0, 0.05) is 36.7 Å². The zero-order chi connectivity index (χ0) is 18.5. The van der Waals surface area contributed by atoms with E-state index < -0.39 is 0 Å². The van der Waals surface area contributed by atoms with Crippen LogP contribution >= 0.6 is 11.3 Å². The van der Waals surface area contributed by atoms with Gasteiger partial charge in [-0.1, -0.05) is 11.3 Å². The number of anilines is 1. The quantitative estimate of drug-likeness (QED) is 0.584. The second kappa shape index (κ2) is 6.12. The molecule has 5 rings (SSSR count). The topological polar surface area (TPSA) is 90.5 Å². The summed E-state index contributed by atoms with van der Waals surface area (Å²) in [6.45, 7) is 3.98. The Morgan fingerprint density at radius 2 is 1.93 bits per heavy atom. The summed E-state index contributed by atoms with van der Waals surface area (Å²) in [7, 11) is 0. The third-order valence-electron chi connectivity index (χ3n) is 5.02. The maximum atomic E-state index is 13.0. The van der Waals surface area contributed by atoms with Gasteiger partial charge >= 0.3 is 5.69 Å². The van der Waals surface area contributed by atoms with Gasteiger partial charge in [0.1, 0.15) is 0 Å². The molecule has 0 amide bonds. The molecule has 9 heteroatoms. The van der Waals surface area contributed by atoms with Crippen LogP contribution in [0.15, 0.2) is 35.5 Å². The van der Waals surface area contributed by atoms with E-state index in [9.17, 15) is 4.79 Å². The van der Waals surface area contributed by atoms with Crippen LogP contribution in [0.1, 0.15) is 38.8 Å². The van der Waals surface area contributed by atoms with E-state index in [2.05, 4.69) is 25.3 Å². The molecule has 1 saturated carbocycles. The van der Waals surface area contributed by atoms with E-state index in [1.54, 1.807) is 39.1 Å². The second-order valence-corrected chi connectivity index (χ2v) is 8.16. The highest BCUT2D eigenvalue weighted by molar-refractivity contribution is 7.22. The molecule has 0 bridgehead atoms. The molecular weight excluding hydrogens is 362 g/mol. The third-order valence-corrected chi connectivity index (χ3v) is 5.96. The average Bonchev–Trinajstić information content (AvgIpc) is 3.15. The van der Waals surface area contributed by atoms with E-state index in [0.717, 1.165) is 28.3 Å². The molecule has 0 aliphatic heterocycles. The van der Waals surface area contributed by atoms with Gasteiger partial charge in [-0.25, -0.2) is 24.7 Å². The molecule has 1 N–H and O–H groups in total. The van der Waals surface area contributed by atoms with Crippen molar-refractivity contribution >= 4 is 38.1 Å². The Labute approximate surface area is 158 Å². The van der Waals surface area contributed by atoms with Crippen molar-refractivity contribution in [3.8, 4) is 0 Å². The number of hydrogen-bond acceptors (Lipinski definition) is 7. The fraction of sp³-hybridized carbons (Fsp3) is 0.389. The van der Waals surface area contributed by atoms with Crippen LogP contribution in [-0.2, 0) is 0 Å². The van der Waals surface area contributed by atoms with E-state index in [1.165, 1.54) is 0 Å². The highest BCUT2D eigenvalue weighted by atomic mass is 32.1. The molecule has 1 aliphatic carbocycles. The molecule has 1 fully saturated rings. The lowest BCUT2D eigenvalue weighted by Crippen LogP contribution is -2.41. The number of imidazole rings is 1. The van der Waals surface area contributed by atoms with Gasteiger partial charge in [0.15, 0.2) is 22.1 Å². The molecule has 4 aromatic rings. The van der Waals surface area contributed by atoms with Crippen LogP contribution in [0.2, 0.25) is 0 Å². The van der Waals surface area contributed by atoms with Gasteiger partial charge in [-0.2, -0.15) is 0 Å². The van der Waals surface area contributed by atoms with E-state index in [4.69, 9.17) is 0 Å². The number of pyridine rings is 1. The number of rotatable bonds is 4. The van der Waals surface area contributed by atoms with Crippen molar-refractivity contribution in [3.63, 3.8) is 0 Å². The lowest BCUT2D eigenvalue weighted by atomic mass is 9.86. The normalized spacial score (nSPS) is 19.7. The van der Waals surface area contributed by atoms with Gasteiger partial charge in [-0.05, 0) is 38.8 Å². The monoisotopic (exact) mass is 381 g/mol. The molecule has 1 aliphatic rings. The van der Waals surface area contributed by atoms with E-state index in [-0.39, 0.29) is 23.8 Å². The number of hydrogen-bond donors (Lipinski definition) is 1. The van der Waals surface area contributed by atoms with Crippen molar-refractivity contribution in [2.45, 2.75) is 44.8 Å². The van der Waals surface area contributed by atoms with Crippen LogP contribution in [0.4, 0.5) is 5.13 Å². The van der Waals surface area contributed by atoms with Crippen LogP contribution in [0.3, 0.4) is 0 Å². The summed E-state index contributed by atoms with van der Waals surface area (Å²) in [5.41, 5.74) is 2.07. The summed E-state index contributed by atoms with van der Waals surface area (Å²) in [5, 5.41) is 4.35. The van der Waals surface area contributed by atoms with Crippen molar-refractivity contribution in [2.75, 3.05) is 5.32 Å². The molecule has 0 aromatic carbocycles. The molecular formula is C18H19N7OS. The Balaban J connectivity index is 1.39. The molecule has 4 heterocycles. The second-order valence-electron chi connectivity index (χ2n) is 7.13. The zero-order valence-electron chi connectivity index (χ0n) is 15.0. The van der Waals surface area contributed by atoms with Crippen LogP contribution < -0.4 is 11.0 Å². The van der Waals surface area contributed by atoms with E-state index in [1.807, 2.05) is 26.0 Å². The highest BCUT2D eigenvalue weighted by Crippen LogP contribution is 2.36. The molecule has 0 spiro atoms. The van der Waals surface area contributed by atoms with Crippen molar-refractivity contribution in [1.29, 1.82) is 0 Å². The Hall–Kier alpha value is -2.81. The summed E-state index contributed by atoms with van der Waals surface area (Å²) in [4.78, 5) is 30.6. The largest absolute Gasteiger partial charge is 0.359 e. The minimum Gasteiger partial charge on any atom is -0.359 e. The fourth-order valence-electron chi connectivity index (χ4n) is 3.68. The van der Waals surface area contributed by atoms with Gasteiger partial charge in [0.05, 0.1) is 4.70 Å². The Kier molecular flexibility index (Phi) is 3.71. The highest BCUT2D eigenvalue weighted by Gasteiger charge is 2.35. The molecule has 138 valence electrons.